The second-order valence-electron chi connectivity index (χ2n) is 4.52. The molecule has 0 heterocycles. The molecule has 0 aliphatic rings. The Balaban J connectivity index is 3.92. The standard InChI is InChI=1S/C14H23NO5/c1-3-4-5-6-7-8-9-12(14(18)19)15-13(17)10-20-11(2)16/h3,12H,1,4-10H2,2H3,(H,15,17)(H,18,19)/t12-/m1/s1. The maximum atomic E-state index is 11.4. The molecule has 0 spiro atoms. The minimum atomic E-state index is -1.08. The normalized spacial score (nSPS) is 11.4. The number of carboxylic acids is 1. The Morgan fingerprint density at radius 1 is 1.25 bits per heavy atom. The van der Waals surface area contributed by atoms with Crippen molar-refractivity contribution in [3.63, 3.8) is 0 Å². The summed E-state index contributed by atoms with van der Waals surface area (Å²) in [5, 5.41) is 11.3. The molecule has 0 aliphatic heterocycles. The van der Waals surface area contributed by atoms with Crippen molar-refractivity contribution in [3.05, 3.63) is 12.7 Å². The number of ether oxygens (including phenoxy) is 1. The molecular weight excluding hydrogens is 262 g/mol. The zero-order valence-corrected chi connectivity index (χ0v) is 11.9. The van der Waals surface area contributed by atoms with E-state index in [1.807, 2.05) is 6.08 Å². The van der Waals surface area contributed by atoms with Gasteiger partial charge in [0.05, 0.1) is 0 Å². The number of aliphatic carboxylic acids is 1. The molecule has 0 aromatic rings. The van der Waals surface area contributed by atoms with Crippen LogP contribution in [0.5, 0.6) is 0 Å². The number of nitrogens with one attached hydrogen (secondary N) is 1. The molecule has 0 saturated carbocycles. The Morgan fingerprint density at radius 3 is 2.45 bits per heavy atom. The van der Waals surface area contributed by atoms with Crippen LogP contribution in [-0.2, 0) is 19.1 Å². The summed E-state index contributed by atoms with van der Waals surface area (Å²) >= 11 is 0. The smallest absolute Gasteiger partial charge is 0.326 e. The van der Waals surface area contributed by atoms with E-state index in [4.69, 9.17) is 5.11 Å². The van der Waals surface area contributed by atoms with Crippen LogP contribution in [0.15, 0.2) is 12.7 Å². The van der Waals surface area contributed by atoms with E-state index in [0.29, 0.717) is 6.42 Å². The van der Waals surface area contributed by atoms with Gasteiger partial charge in [0.2, 0.25) is 0 Å². The zero-order valence-electron chi connectivity index (χ0n) is 11.9. The number of carboxylic acid groups (broad SMARTS) is 1. The van der Waals surface area contributed by atoms with Crippen LogP contribution in [0.1, 0.15) is 45.4 Å². The first-order valence-corrected chi connectivity index (χ1v) is 6.73. The van der Waals surface area contributed by atoms with Crippen molar-refractivity contribution in [2.45, 2.75) is 51.5 Å². The minimum absolute atomic E-state index is 0.370. The molecule has 0 saturated heterocycles. The van der Waals surface area contributed by atoms with Gasteiger partial charge in [-0.3, -0.25) is 9.59 Å². The number of hydrogen-bond acceptors (Lipinski definition) is 4. The maximum absolute atomic E-state index is 11.4. The average Bonchev–Trinajstić information content (AvgIpc) is 2.38. The largest absolute Gasteiger partial charge is 0.480 e. The molecule has 0 aromatic heterocycles. The molecule has 1 amide bonds. The third kappa shape index (κ3) is 10.1. The van der Waals surface area contributed by atoms with Crippen LogP contribution < -0.4 is 5.32 Å². The van der Waals surface area contributed by atoms with E-state index in [9.17, 15) is 14.4 Å². The highest BCUT2D eigenvalue weighted by atomic mass is 16.5. The molecule has 2 N–H and O–H groups in total. The van der Waals surface area contributed by atoms with Gasteiger partial charge in [0.25, 0.3) is 5.91 Å². The van der Waals surface area contributed by atoms with Gasteiger partial charge in [-0.15, -0.1) is 6.58 Å². The van der Waals surface area contributed by atoms with E-state index in [2.05, 4.69) is 16.6 Å². The summed E-state index contributed by atoms with van der Waals surface area (Å²) in [6.45, 7) is 4.37. The summed E-state index contributed by atoms with van der Waals surface area (Å²) in [5.41, 5.74) is 0. The topological polar surface area (TPSA) is 92.7 Å². The van der Waals surface area contributed by atoms with Crippen LogP contribution >= 0.6 is 0 Å². The van der Waals surface area contributed by atoms with Crippen molar-refractivity contribution >= 4 is 17.8 Å². The molecule has 0 aromatic carbocycles. The predicted octanol–water partition coefficient (Wildman–Crippen LogP) is 1.65. The second-order valence-corrected chi connectivity index (χ2v) is 4.52. The molecule has 114 valence electrons. The highest BCUT2D eigenvalue weighted by molar-refractivity contribution is 5.85. The van der Waals surface area contributed by atoms with Gasteiger partial charge in [0.15, 0.2) is 6.61 Å². The fraction of sp³-hybridized carbons (Fsp3) is 0.643. The number of carbonyl (C=O) groups excluding carboxylic acids is 2. The SMILES string of the molecule is C=CCCCCCC[C@@H](NC(=O)COC(C)=O)C(=O)O. The van der Waals surface area contributed by atoms with Gasteiger partial charge in [-0.1, -0.05) is 25.3 Å². The summed E-state index contributed by atoms with van der Waals surface area (Å²) in [7, 11) is 0. The zero-order chi connectivity index (χ0) is 15.4. The number of allylic oxidation sites excluding steroid dienone is 1. The van der Waals surface area contributed by atoms with Crippen LogP contribution in [0.2, 0.25) is 0 Å². The van der Waals surface area contributed by atoms with E-state index in [1.54, 1.807) is 0 Å². The Hall–Kier alpha value is -1.85. The summed E-state index contributed by atoms with van der Waals surface area (Å²) in [5.74, 6) is -2.25. The quantitative estimate of drug-likeness (QED) is 0.342. The monoisotopic (exact) mass is 285 g/mol. The molecule has 0 bridgehead atoms. The highest BCUT2D eigenvalue weighted by Crippen LogP contribution is 2.08. The Labute approximate surface area is 119 Å². The van der Waals surface area contributed by atoms with Gasteiger partial charge in [0, 0.05) is 6.92 Å². The Kier molecular flexibility index (Phi) is 10.00. The number of hydrogen-bond donors (Lipinski definition) is 2. The van der Waals surface area contributed by atoms with Crippen LogP contribution in [0, 0.1) is 0 Å². The van der Waals surface area contributed by atoms with Crippen molar-refractivity contribution in [1.29, 1.82) is 0 Å². The van der Waals surface area contributed by atoms with Crippen molar-refractivity contribution < 1.29 is 24.2 Å². The third-order valence-corrected chi connectivity index (χ3v) is 2.69. The van der Waals surface area contributed by atoms with Gasteiger partial charge < -0.3 is 15.2 Å². The lowest BCUT2D eigenvalue weighted by Crippen LogP contribution is -2.42. The van der Waals surface area contributed by atoms with Gasteiger partial charge in [-0.2, -0.15) is 0 Å². The summed E-state index contributed by atoms with van der Waals surface area (Å²) in [6.07, 6.45) is 6.88. The number of unbranched alkanes of at least 4 members (excludes halogenated alkanes) is 4. The Bertz CT molecular complexity index is 340. The van der Waals surface area contributed by atoms with E-state index in [1.165, 1.54) is 6.92 Å². The molecule has 20 heavy (non-hydrogen) atoms. The first-order chi connectivity index (χ1) is 9.47. The van der Waals surface area contributed by atoms with Crippen molar-refractivity contribution in [2.75, 3.05) is 6.61 Å². The molecule has 0 aliphatic carbocycles. The van der Waals surface area contributed by atoms with E-state index in [0.717, 1.165) is 32.1 Å². The molecular formula is C14H23NO5. The summed E-state index contributed by atoms with van der Waals surface area (Å²) < 4.78 is 4.50. The number of rotatable bonds is 11. The molecule has 0 rings (SSSR count). The van der Waals surface area contributed by atoms with Crippen LogP contribution in [0.4, 0.5) is 0 Å². The van der Waals surface area contributed by atoms with Crippen molar-refractivity contribution in [2.24, 2.45) is 0 Å². The molecule has 0 fully saturated rings. The van der Waals surface area contributed by atoms with Crippen LogP contribution in [-0.4, -0.2) is 35.6 Å². The second kappa shape index (κ2) is 11.0. The average molecular weight is 285 g/mol. The van der Waals surface area contributed by atoms with Crippen molar-refractivity contribution in [3.8, 4) is 0 Å². The molecule has 1 atom stereocenters. The van der Waals surface area contributed by atoms with E-state index >= 15 is 0 Å². The van der Waals surface area contributed by atoms with E-state index in [-0.39, 0.29) is 0 Å². The van der Waals surface area contributed by atoms with Crippen molar-refractivity contribution in [1.82, 2.24) is 5.32 Å². The van der Waals surface area contributed by atoms with Crippen LogP contribution in [0.25, 0.3) is 0 Å². The number of esters is 1. The summed E-state index contributed by atoms with van der Waals surface area (Å²) in [6, 6.07) is -0.933. The minimum Gasteiger partial charge on any atom is -0.480 e. The number of carbonyl (C=O) groups is 3. The highest BCUT2D eigenvalue weighted by Gasteiger charge is 2.19. The summed E-state index contributed by atoms with van der Waals surface area (Å²) in [4.78, 5) is 32.9. The lowest BCUT2D eigenvalue weighted by Gasteiger charge is -2.14. The Morgan fingerprint density at radius 2 is 1.90 bits per heavy atom. The fourth-order valence-corrected chi connectivity index (χ4v) is 1.65. The fourth-order valence-electron chi connectivity index (χ4n) is 1.65. The molecule has 0 radical (unpaired) electrons. The van der Waals surface area contributed by atoms with Gasteiger partial charge in [-0.25, -0.2) is 4.79 Å². The lowest BCUT2D eigenvalue weighted by molar-refractivity contribution is -0.148. The first-order valence-electron chi connectivity index (χ1n) is 6.73. The number of amides is 1. The van der Waals surface area contributed by atoms with Gasteiger partial charge in [-0.05, 0) is 19.3 Å². The molecule has 6 nitrogen and oxygen atoms in total. The third-order valence-electron chi connectivity index (χ3n) is 2.69. The lowest BCUT2D eigenvalue weighted by atomic mass is 10.1. The maximum Gasteiger partial charge on any atom is 0.326 e. The molecule has 6 heteroatoms. The van der Waals surface area contributed by atoms with Gasteiger partial charge >= 0.3 is 11.9 Å². The molecule has 0 unspecified atom stereocenters. The van der Waals surface area contributed by atoms with E-state index < -0.39 is 30.5 Å². The van der Waals surface area contributed by atoms with Crippen LogP contribution in [0.3, 0.4) is 0 Å². The first kappa shape index (κ1) is 18.1. The predicted molar refractivity (Wildman–Crippen MR) is 74.1 cm³/mol. The van der Waals surface area contributed by atoms with Gasteiger partial charge in [0.1, 0.15) is 6.04 Å².